The largest absolute Gasteiger partial charge is 0.425 e. The molecular formula is C34H27F5N6O6. The van der Waals surface area contributed by atoms with Crippen LogP contribution in [0, 0.1) is 11.6 Å². The topological polar surface area (TPSA) is 138 Å². The number of anilines is 1. The Morgan fingerprint density at radius 1 is 1.04 bits per heavy atom. The van der Waals surface area contributed by atoms with Crippen LogP contribution in [0.1, 0.15) is 15.9 Å². The lowest BCUT2D eigenvalue weighted by molar-refractivity contribution is -0.167. The van der Waals surface area contributed by atoms with Gasteiger partial charge in [-0.15, -0.1) is 0 Å². The van der Waals surface area contributed by atoms with Crippen LogP contribution in [0.5, 0.6) is 5.75 Å². The maximum atomic E-state index is 15.3. The smallest absolute Gasteiger partial charge is 0.411 e. The number of aryl methyl sites for hydroxylation is 1. The molecule has 51 heavy (non-hydrogen) atoms. The van der Waals surface area contributed by atoms with E-state index in [0.29, 0.717) is 17.6 Å². The highest BCUT2D eigenvalue weighted by Gasteiger charge is 2.46. The molecular weight excluding hydrogens is 683 g/mol. The number of carbonyl (C=O) groups excluding carboxylic acids is 2. The zero-order valence-electron chi connectivity index (χ0n) is 26.6. The second kappa shape index (κ2) is 14.1. The molecule has 0 bridgehead atoms. The van der Waals surface area contributed by atoms with E-state index in [4.69, 9.17) is 9.47 Å². The summed E-state index contributed by atoms with van der Waals surface area (Å²) >= 11 is 0. The van der Waals surface area contributed by atoms with Gasteiger partial charge in [-0.2, -0.15) is 13.2 Å². The van der Waals surface area contributed by atoms with Crippen molar-refractivity contribution in [3.05, 3.63) is 123 Å². The molecule has 1 aliphatic rings. The Labute approximate surface area is 284 Å². The number of ether oxygens (including phenoxy) is 2. The number of pyridine rings is 2. The van der Waals surface area contributed by atoms with Crippen LogP contribution in [0.15, 0.2) is 88.8 Å². The zero-order chi connectivity index (χ0) is 36.4. The van der Waals surface area contributed by atoms with Crippen LogP contribution in [-0.4, -0.2) is 69.0 Å². The van der Waals surface area contributed by atoms with E-state index < -0.39 is 70.9 Å². The third-order valence-corrected chi connectivity index (χ3v) is 8.19. The van der Waals surface area contributed by atoms with Crippen molar-refractivity contribution in [2.75, 3.05) is 24.7 Å². The van der Waals surface area contributed by atoms with Gasteiger partial charge in [0.05, 0.1) is 30.3 Å². The molecule has 1 N–H and O–H groups in total. The molecule has 0 saturated carbocycles. The minimum absolute atomic E-state index is 0.0484. The highest BCUT2D eigenvalue weighted by Crippen LogP contribution is 2.32. The van der Waals surface area contributed by atoms with Gasteiger partial charge in [-0.1, -0.05) is 24.3 Å². The lowest BCUT2D eigenvalue weighted by Crippen LogP contribution is -2.53. The molecule has 0 unspecified atom stereocenters. The van der Waals surface area contributed by atoms with Gasteiger partial charge >= 0.3 is 17.8 Å². The predicted molar refractivity (Wildman–Crippen MR) is 172 cm³/mol. The number of hydrogen-bond donors (Lipinski definition) is 1. The van der Waals surface area contributed by atoms with Crippen LogP contribution >= 0.6 is 0 Å². The minimum Gasteiger partial charge on any atom is -0.425 e. The molecule has 1 amide bonds. The third kappa shape index (κ3) is 7.19. The van der Waals surface area contributed by atoms with E-state index in [0.717, 1.165) is 9.47 Å². The van der Waals surface area contributed by atoms with E-state index in [9.17, 15) is 32.3 Å². The standard InChI is InChI=1S/C34H27F5N6O6/c1-43-26-17-40-10-9-22(26)31(47)45(33(43)49)28-8-7-19(16-41-28)13-25(32(48)51-21-5-3-2-4-6-21)42-30(46)29-23(35)14-20(15-24(29)36)44-11-12-50-18-27(44)34(37,38)39/h2-10,14-17,25,27H,11-13,18H2,1H3,(H,42,46)/t25-,27+/m0/s1. The number of amides is 1. The molecule has 0 spiro atoms. The van der Waals surface area contributed by atoms with Crippen LogP contribution in [0.25, 0.3) is 16.7 Å². The molecule has 1 aliphatic heterocycles. The maximum Gasteiger partial charge on any atom is 0.411 e. The van der Waals surface area contributed by atoms with Crippen molar-refractivity contribution in [2.24, 2.45) is 7.05 Å². The highest BCUT2D eigenvalue weighted by atomic mass is 19.4. The number of fused-ring (bicyclic) bond motifs is 1. The number of aromatic nitrogens is 4. The first-order chi connectivity index (χ1) is 24.3. The fourth-order valence-electron chi connectivity index (χ4n) is 5.63. The summed E-state index contributed by atoms with van der Waals surface area (Å²) in [5.74, 6) is -5.28. The van der Waals surface area contributed by atoms with Crippen LogP contribution in [0.2, 0.25) is 0 Å². The molecule has 4 heterocycles. The summed E-state index contributed by atoms with van der Waals surface area (Å²) in [6.45, 7) is -1.17. The first kappa shape index (κ1) is 34.9. The number of benzene rings is 2. The second-order valence-corrected chi connectivity index (χ2v) is 11.5. The number of halogens is 5. The van der Waals surface area contributed by atoms with Crippen molar-refractivity contribution in [2.45, 2.75) is 24.7 Å². The quantitative estimate of drug-likeness (QED) is 0.146. The summed E-state index contributed by atoms with van der Waals surface area (Å²) in [6.07, 6.45) is -1.08. The summed E-state index contributed by atoms with van der Waals surface area (Å²) in [4.78, 5) is 61.7. The number of hydrogen-bond acceptors (Lipinski definition) is 9. The molecule has 0 radical (unpaired) electrons. The van der Waals surface area contributed by atoms with Gasteiger partial charge in [-0.3, -0.25) is 19.1 Å². The summed E-state index contributed by atoms with van der Waals surface area (Å²) in [5, 5.41) is 2.47. The van der Waals surface area contributed by atoms with Crippen molar-refractivity contribution in [1.82, 2.24) is 24.4 Å². The van der Waals surface area contributed by atoms with Crippen LogP contribution in [0.3, 0.4) is 0 Å². The summed E-state index contributed by atoms with van der Waals surface area (Å²) in [7, 11) is 1.46. The Balaban J connectivity index is 1.28. The van der Waals surface area contributed by atoms with Crippen molar-refractivity contribution in [3.63, 3.8) is 0 Å². The van der Waals surface area contributed by atoms with Gasteiger partial charge < -0.3 is 19.7 Å². The fourth-order valence-corrected chi connectivity index (χ4v) is 5.63. The number of rotatable bonds is 8. The molecule has 0 aliphatic carbocycles. The first-order valence-corrected chi connectivity index (χ1v) is 15.3. The van der Waals surface area contributed by atoms with E-state index in [2.05, 4.69) is 15.3 Å². The van der Waals surface area contributed by atoms with Crippen LogP contribution in [-0.2, 0) is 23.0 Å². The van der Waals surface area contributed by atoms with Gasteiger partial charge in [0.15, 0.2) is 0 Å². The number of alkyl halides is 3. The average Bonchev–Trinajstić information content (AvgIpc) is 3.11. The van der Waals surface area contributed by atoms with Crippen molar-refractivity contribution in [1.29, 1.82) is 0 Å². The molecule has 2 atom stereocenters. The van der Waals surface area contributed by atoms with Gasteiger partial charge in [0.25, 0.3) is 11.5 Å². The Bertz CT molecular complexity index is 2200. The normalized spacial score (nSPS) is 15.4. The molecule has 5 aromatic rings. The fraction of sp³-hybridized carbons (Fsp3) is 0.235. The Kier molecular flexibility index (Phi) is 9.64. The van der Waals surface area contributed by atoms with E-state index in [-0.39, 0.29) is 42.1 Å². The molecule has 17 heteroatoms. The molecule has 1 saturated heterocycles. The number of carbonyl (C=O) groups is 2. The van der Waals surface area contributed by atoms with Crippen molar-refractivity contribution < 1.29 is 41.0 Å². The number of para-hydroxylation sites is 1. The number of esters is 1. The number of nitrogens with zero attached hydrogens (tertiary/aromatic N) is 5. The van der Waals surface area contributed by atoms with E-state index in [1.165, 1.54) is 60.5 Å². The van der Waals surface area contributed by atoms with Crippen LogP contribution < -0.4 is 26.2 Å². The summed E-state index contributed by atoms with van der Waals surface area (Å²) < 4.78 is 83.8. The first-order valence-electron chi connectivity index (χ1n) is 15.3. The van der Waals surface area contributed by atoms with Gasteiger partial charge in [-0.25, -0.2) is 27.9 Å². The summed E-state index contributed by atoms with van der Waals surface area (Å²) in [5.41, 5.74) is -2.34. The van der Waals surface area contributed by atoms with Crippen molar-refractivity contribution in [3.8, 4) is 11.6 Å². The molecule has 1 fully saturated rings. The average molecular weight is 711 g/mol. The number of nitrogens with one attached hydrogen (secondary N) is 1. The Morgan fingerprint density at radius 2 is 1.76 bits per heavy atom. The molecule has 3 aromatic heterocycles. The van der Waals surface area contributed by atoms with Crippen LogP contribution in [0.4, 0.5) is 27.6 Å². The minimum atomic E-state index is -4.76. The monoisotopic (exact) mass is 710 g/mol. The molecule has 2 aromatic carbocycles. The third-order valence-electron chi connectivity index (χ3n) is 8.19. The second-order valence-electron chi connectivity index (χ2n) is 11.5. The molecule has 12 nitrogen and oxygen atoms in total. The van der Waals surface area contributed by atoms with E-state index in [1.807, 2.05) is 0 Å². The predicted octanol–water partition coefficient (Wildman–Crippen LogP) is 3.47. The Morgan fingerprint density at radius 3 is 2.43 bits per heavy atom. The Hall–Kier alpha value is -5.97. The van der Waals surface area contributed by atoms with E-state index >= 15 is 8.78 Å². The SMILES string of the molecule is Cn1c(=O)n(-c2ccc(C[C@H](NC(=O)c3c(F)cc(N4CCOC[C@@H]4C(F)(F)F)cc3F)C(=O)Oc3ccccc3)cn2)c(=O)c2ccncc21. The van der Waals surface area contributed by atoms with Gasteiger partial charge in [0.1, 0.15) is 40.8 Å². The van der Waals surface area contributed by atoms with E-state index in [1.54, 1.807) is 18.2 Å². The van der Waals surface area contributed by atoms with Gasteiger partial charge in [0, 0.05) is 38.1 Å². The lowest BCUT2D eigenvalue weighted by Gasteiger charge is -2.38. The molecule has 6 rings (SSSR count). The van der Waals surface area contributed by atoms with Crippen molar-refractivity contribution >= 4 is 28.5 Å². The number of morpholine rings is 1. The van der Waals surface area contributed by atoms with Gasteiger partial charge in [0.2, 0.25) is 0 Å². The highest BCUT2D eigenvalue weighted by molar-refractivity contribution is 5.98. The maximum absolute atomic E-state index is 15.3. The summed E-state index contributed by atoms with van der Waals surface area (Å²) in [6, 6.07) is 9.45. The molecule has 264 valence electrons. The van der Waals surface area contributed by atoms with Gasteiger partial charge in [-0.05, 0) is 42.0 Å². The zero-order valence-corrected chi connectivity index (χ0v) is 26.6. The lowest BCUT2D eigenvalue weighted by atomic mass is 10.1.